The number of rotatable bonds is 6. The Bertz CT molecular complexity index is 982. The van der Waals surface area contributed by atoms with Crippen molar-refractivity contribution in [2.75, 3.05) is 13.7 Å². The average Bonchev–Trinajstić information content (AvgIpc) is 2.92. The maximum Gasteiger partial charge on any atom is 0.325 e. The zero-order valence-corrected chi connectivity index (χ0v) is 15.8. The molecule has 152 valence electrons. The highest BCUT2D eigenvalue weighted by molar-refractivity contribution is 6.09. The number of hydrogen-bond acceptors (Lipinski definition) is 4. The van der Waals surface area contributed by atoms with Gasteiger partial charge in [-0.25, -0.2) is 13.6 Å². The third-order valence-electron chi connectivity index (χ3n) is 4.67. The van der Waals surface area contributed by atoms with E-state index in [1.54, 1.807) is 24.3 Å². The Morgan fingerprint density at radius 2 is 1.97 bits per heavy atom. The lowest BCUT2D eigenvalue weighted by atomic mass is 9.91. The fourth-order valence-corrected chi connectivity index (χ4v) is 3.09. The van der Waals surface area contributed by atoms with Crippen LogP contribution in [-0.4, -0.2) is 36.4 Å². The summed E-state index contributed by atoms with van der Waals surface area (Å²) in [4.78, 5) is 37.9. The van der Waals surface area contributed by atoms with Gasteiger partial charge in [0.15, 0.2) is 0 Å². The molecule has 0 aromatic heterocycles. The van der Waals surface area contributed by atoms with Crippen LogP contribution >= 0.6 is 0 Å². The fourth-order valence-electron chi connectivity index (χ4n) is 3.09. The van der Waals surface area contributed by atoms with Crippen molar-refractivity contribution < 1.29 is 27.9 Å². The lowest BCUT2D eigenvalue weighted by Gasteiger charge is -2.22. The smallest absolute Gasteiger partial charge is 0.325 e. The lowest BCUT2D eigenvalue weighted by Crippen LogP contribution is -2.43. The number of halogens is 2. The van der Waals surface area contributed by atoms with Crippen molar-refractivity contribution in [3.63, 3.8) is 0 Å². The second-order valence-corrected chi connectivity index (χ2v) is 6.70. The van der Waals surface area contributed by atoms with Gasteiger partial charge in [0.05, 0.1) is 7.11 Å². The van der Waals surface area contributed by atoms with E-state index in [0.29, 0.717) is 10.6 Å². The number of nitrogens with zero attached hydrogens (tertiary/aromatic N) is 1. The Hall–Kier alpha value is -3.49. The molecule has 0 spiro atoms. The Morgan fingerprint density at radius 1 is 1.21 bits per heavy atom. The van der Waals surface area contributed by atoms with Gasteiger partial charge in [0.25, 0.3) is 5.91 Å². The Morgan fingerprint density at radius 3 is 2.69 bits per heavy atom. The molecule has 9 heteroatoms. The Labute approximate surface area is 165 Å². The minimum Gasteiger partial charge on any atom is -0.497 e. The van der Waals surface area contributed by atoms with E-state index in [9.17, 15) is 23.2 Å². The molecule has 0 radical (unpaired) electrons. The molecular weight excluding hydrogens is 384 g/mol. The number of methoxy groups -OCH3 is 1. The maximum absolute atomic E-state index is 14.1. The van der Waals surface area contributed by atoms with Crippen LogP contribution in [0.15, 0.2) is 42.5 Å². The summed E-state index contributed by atoms with van der Waals surface area (Å²) in [7, 11) is 1.52. The first kappa shape index (κ1) is 20.2. The van der Waals surface area contributed by atoms with Crippen molar-refractivity contribution in [3.8, 4) is 5.75 Å². The van der Waals surface area contributed by atoms with Crippen LogP contribution in [0.4, 0.5) is 13.6 Å². The summed E-state index contributed by atoms with van der Waals surface area (Å²) in [6, 6.07) is 8.80. The number of nitrogens with one attached hydrogen (secondary N) is 2. The number of carbonyl (C=O) groups is 3. The standard InChI is InChI=1S/C20H19F2N3O4/c1-20(15-9-13(21)6-7-16(15)22)18(27)25(19(28)24-20)11-17(26)23-10-12-4-3-5-14(8-12)29-2/h3-9H,10-11H2,1-2H3,(H,23,26)(H,24,28)/t20-/m1/s1. The van der Waals surface area contributed by atoms with E-state index in [-0.39, 0.29) is 12.1 Å². The van der Waals surface area contributed by atoms with Crippen molar-refractivity contribution in [1.29, 1.82) is 0 Å². The van der Waals surface area contributed by atoms with E-state index in [2.05, 4.69) is 10.6 Å². The highest BCUT2D eigenvalue weighted by Crippen LogP contribution is 2.31. The SMILES string of the molecule is COc1cccc(CNC(=O)CN2C(=O)N[C@](C)(c3cc(F)ccc3F)C2=O)c1. The first-order valence-corrected chi connectivity index (χ1v) is 8.74. The van der Waals surface area contributed by atoms with Gasteiger partial charge in [-0.05, 0) is 42.8 Å². The zero-order chi connectivity index (χ0) is 21.2. The second kappa shape index (κ2) is 7.86. The van der Waals surface area contributed by atoms with Gasteiger partial charge in [-0.1, -0.05) is 12.1 Å². The second-order valence-electron chi connectivity index (χ2n) is 6.70. The molecule has 29 heavy (non-hydrogen) atoms. The van der Waals surface area contributed by atoms with Crippen LogP contribution in [0.25, 0.3) is 0 Å². The Balaban J connectivity index is 1.69. The summed E-state index contributed by atoms with van der Waals surface area (Å²) in [6.45, 7) is 0.871. The number of ether oxygens (including phenoxy) is 1. The van der Waals surface area contributed by atoms with Gasteiger partial charge in [-0.15, -0.1) is 0 Å². The average molecular weight is 403 g/mol. The summed E-state index contributed by atoms with van der Waals surface area (Å²) < 4.78 is 32.8. The monoisotopic (exact) mass is 403 g/mol. The zero-order valence-electron chi connectivity index (χ0n) is 15.8. The van der Waals surface area contributed by atoms with Crippen molar-refractivity contribution in [2.24, 2.45) is 0 Å². The normalized spacial score (nSPS) is 18.6. The largest absolute Gasteiger partial charge is 0.497 e. The van der Waals surface area contributed by atoms with Crippen LogP contribution in [0.3, 0.4) is 0 Å². The van der Waals surface area contributed by atoms with Crippen LogP contribution in [0, 0.1) is 11.6 Å². The molecule has 2 N–H and O–H groups in total. The molecule has 7 nitrogen and oxygen atoms in total. The van der Waals surface area contributed by atoms with Crippen molar-refractivity contribution in [3.05, 3.63) is 65.2 Å². The highest BCUT2D eigenvalue weighted by atomic mass is 19.1. The number of urea groups is 1. The Kier molecular flexibility index (Phi) is 5.49. The van der Waals surface area contributed by atoms with Crippen LogP contribution < -0.4 is 15.4 Å². The van der Waals surface area contributed by atoms with Gasteiger partial charge in [0, 0.05) is 12.1 Å². The summed E-state index contributed by atoms with van der Waals surface area (Å²) in [5.74, 6) is -2.39. The van der Waals surface area contributed by atoms with Crippen molar-refractivity contribution in [2.45, 2.75) is 19.0 Å². The highest BCUT2D eigenvalue weighted by Gasteiger charge is 2.50. The minimum absolute atomic E-state index is 0.162. The van der Waals surface area contributed by atoms with Gasteiger partial charge in [-0.2, -0.15) is 0 Å². The van der Waals surface area contributed by atoms with E-state index < -0.39 is 41.6 Å². The van der Waals surface area contributed by atoms with Crippen LogP contribution in [0.5, 0.6) is 5.75 Å². The molecule has 2 aromatic carbocycles. The summed E-state index contributed by atoms with van der Waals surface area (Å²) in [5.41, 5.74) is -1.35. The maximum atomic E-state index is 14.1. The molecule has 1 heterocycles. The predicted octanol–water partition coefficient (Wildman–Crippen LogP) is 2.06. The van der Waals surface area contributed by atoms with E-state index in [1.165, 1.54) is 14.0 Å². The number of carbonyl (C=O) groups excluding carboxylic acids is 3. The summed E-state index contributed by atoms with van der Waals surface area (Å²) in [5, 5.41) is 4.95. The molecule has 1 saturated heterocycles. The molecule has 0 aliphatic carbocycles. The molecule has 1 atom stereocenters. The van der Waals surface area contributed by atoms with Gasteiger partial charge in [0.1, 0.15) is 29.5 Å². The lowest BCUT2D eigenvalue weighted by molar-refractivity contribution is -0.134. The number of benzene rings is 2. The molecule has 3 rings (SSSR count). The molecule has 1 aliphatic rings. The quantitative estimate of drug-likeness (QED) is 0.723. The van der Waals surface area contributed by atoms with Crippen molar-refractivity contribution in [1.82, 2.24) is 15.5 Å². The van der Waals surface area contributed by atoms with Gasteiger partial charge >= 0.3 is 6.03 Å². The number of hydrogen-bond donors (Lipinski definition) is 2. The summed E-state index contributed by atoms with van der Waals surface area (Å²) in [6.07, 6.45) is 0. The third-order valence-corrected chi connectivity index (χ3v) is 4.67. The molecule has 2 aromatic rings. The van der Waals surface area contributed by atoms with Gasteiger partial charge in [0.2, 0.25) is 5.91 Å². The fraction of sp³-hybridized carbons (Fsp3) is 0.250. The summed E-state index contributed by atoms with van der Waals surface area (Å²) >= 11 is 0. The van der Waals surface area contributed by atoms with Crippen LogP contribution in [0.2, 0.25) is 0 Å². The number of imide groups is 1. The third kappa shape index (κ3) is 4.03. The first-order chi connectivity index (χ1) is 13.7. The molecule has 0 saturated carbocycles. The minimum atomic E-state index is -1.81. The van der Waals surface area contributed by atoms with Gasteiger partial charge < -0.3 is 15.4 Å². The van der Waals surface area contributed by atoms with Crippen LogP contribution in [0.1, 0.15) is 18.1 Å². The molecule has 0 unspecified atom stereocenters. The topological polar surface area (TPSA) is 87.7 Å². The van der Waals surface area contributed by atoms with E-state index in [1.807, 2.05) is 0 Å². The van der Waals surface area contributed by atoms with E-state index >= 15 is 0 Å². The molecule has 1 fully saturated rings. The van der Waals surface area contributed by atoms with Crippen molar-refractivity contribution >= 4 is 17.8 Å². The molecule has 0 bridgehead atoms. The molecular formula is C20H19F2N3O4. The predicted molar refractivity (Wildman–Crippen MR) is 98.8 cm³/mol. The molecule has 1 aliphatic heterocycles. The van der Waals surface area contributed by atoms with E-state index in [0.717, 1.165) is 23.8 Å². The van der Waals surface area contributed by atoms with Gasteiger partial charge in [-0.3, -0.25) is 14.5 Å². The molecule has 4 amide bonds. The first-order valence-electron chi connectivity index (χ1n) is 8.74. The number of amides is 4. The van der Waals surface area contributed by atoms with Crippen LogP contribution in [-0.2, 0) is 21.7 Å². The van der Waals surface area contributed by atoms with E-state index in [4.69, 9.17) is 4.74 Å².